The summed E-state index contributed by atoms with van der Waals surface area (Å²) in [5.74, 6) is -0.993. The minimum Gasteiger partial charge on any atom is -0.465 e. The van der Waals surface area contributed by atoms with E-state index in [9.17, 15) is 9.59 Å². The zero-order chi connectivity index (χ0) is 13.2. The molecule has 6 nitrogen and oxygen atoms in total. The number of anilines is 3. The molecule has 0 aliphatic carbocycles. The molecule has 0 unspecified atom stereocenters. The van der Waals surface area contributed by atoms with E-state index in [1.54, 1.807) is 0 Å². The van der Waals surface area contributed by atoms with Gasteiger partial charge in [-0.1, -0.05) is 11.6 Å². The molecule has 0 saturated heterocycles. The minimum atomic E-state index is -0.650. The summed E-state index contributed by atoms with van der Waals surface area (Å²) in [5.41, 5.74) is 11.8. The summed E-state index contributed by atoms with van der Waals surface area (Å²) >= 11 is 5.89. The normalized spacial score (nSPS) is 9.82. The first-order valence-electron chi connectivity index (χ1n) is 4.61. The first kappa shape index (κ1) is 13.1. The molecule has 1 aromatic carbocycles. The fourth-order valence-electron chi connectivity index (χ4n) is 1.28. The smallest absolute Gasteiger partial charge is 0.339 e. The molecule has 5 N–H and O–H groups in total. The Morgan fingerprint density at radius 2 is 2.00 bits per heavy atom. The maximum atomic E-state index is 11.4. The number of carbonyl (C=O) groups excluding carboxylic acids is 2. The first-order valence-corrected chi connectivity index (χ1v) is 4.99. The van der Waals surface area contributed by atoms with E-state index in [4.69, 9.17) is 23.1 Å². The Hall–Kier alpha value is -1.95. The van der Waals surface area contributed by atoms with Gasteiger partial charge in [-0.05, 0) is 6.07 Å². The molecule has 1 amide bonds. The molecule has 0 radical (unpaired) electrons. The van der Waals surface area contributed by atoms with Crippen molar-refractivity contribution >= 4 is 40.5 Å². The van der Waals surface area contributed by atoms with Gasteiger partial charge in [0.25, 0.3) is 0 Å². The van der Waals surface area contributed by atoms with Crippen LogP contribution in [0.4, 0.5) is 17.1 Å². The number of halogens is 1. The van der Waals surface area contributed by atoms with Gasteiger partial charge in [0, 0.05) is 6.92 Å². The van der Waals surface area contributed by atoms with Crippen LogP contribution < -0.4 is 16.8 Å². The molecule has 0 fully saturated rings. The lowest BCUT2D eigenvalue weighted by Gasteiger charge is -2.13. The Labute approximate surface area is 103 Å². The predicted molar refractivity (Wildman–Crippen MR) is 65.9 cm³/mol. The topological polar surface area (TPSA) is 107 Å². The van der Waals surface area contributed by atoms with Crippen molar-refractivity contribution < 1.29 is 14.3 Å². The third-order valence-corrected chi connectivity index (χ3v) is 2.44. The number of methoxy groups -OCH3 is 1. The molecule has 0 bridgehead atoms. The number of nitrogens with two attached hydrogens (primary N) is 2. The molecule has 0 aliphatic heterocycles. The first-order chi connectivity index (χ1) is 7.88. The van der Waals surface area contributed by atoms with E-state index in [2.05, 4.69) is 10.1 Å². The fraction of sp³-hybridized carbons (Fsp3) is 0.200. The van der Waals surface area contributed by atoms with E-state index in [-0.39, 0.29) is 33.6 Å². The third kappa shape index (κ3) is 2.59. The third-order valence-electron chi connectivity index (χ3n) is 2.04. The number of rotatable bonds is 2. The lowest BCUT2D eigenvalue weighted by atomic mass is 10.1. The number of benzene rings is 1. The molecule has 17 heavy (non-hydrogen) atoms. The largest absolute Gasteiger partial charge is 0.465 e. The van der Waals surface area contributed by atoms with Crippen molar-refractivity contribution in [3.63, 3.8) is 0 Å². The Morgan fingerprint density at radius 1 is 1.41 bits per heavy atom. The van der Waals surface area contributed by atoms with Crippen molar-refractivity contribution in [2.45, 2.75) is 6.92 Å². The van der Waals surface area contributed by atoms with Gasteiger partial charge in [-0.25, -0.2) is 4.79 Å². The average molecular weight is 258 g/mol. The number of hydrogen-bond donors (Lipinski definition) is 3. The summed E-state index contributed by atoms with van der Waals surface area (Å²) < 4.78 is 4.53. The van der Waals surface area contributed by atoms with Gasteiger partial charge in [-0.3, -0.25) is 4.79 Å². The molecule has 1 rings (SSSR count). The Kier molecular flexibility index (Phi) is 3.80. The van der Waals surface area contributed by atoms with Crippen LogP contribution in [0, 0.1) is 0 Å². The van der Waals surface area contributed by atoms with Gasteiger partial charge in [0.2, 0.25) is 5.91 Å². The summed E-state index contributed by atoms with van der Waals surface area (Å²) in [6.07, 6.45) is 0. The second-order valence-electron chi connectivity index (χ2n) is 3.29. The van der Waals surface area contributed by atoms with Crippen LogP contribution in [0.3, 0.4) is 0 Å². The van der Waals surface area contributed by atoms with E-state index in [1.165, 1.54) is 20.1 Å². The van der Waals surface area contributed by atoms with Crippen molar-refractivity contribution in [1.29, 1.82) is 0 Å². The molecule has 0 heterocycles. The molecule has 0 saturated carbocycles. The van der Waals surface area contributed by atoms with Gasteiger partial charge in [0.15, 0.2) is 0 Å². The number of nitrogen functional groups attached to an aromatic ring is 2. The molecular formula is C10H12ClN3O3. The maximum Gasteiger partial charge on any atom is 0.339 e. The number of esters is 1. The van der Waals surface area contributed by atoms with Gasteiger partial charge >= 0.3 is 5.97 Å². The van der Waals surface area contributed by atoms with E-state index in [0.717, 1.165) is 0 Å². The van der Waals surface area contributed by atoms with Crippen LogP contribution in [0.5, 0.6) is 0 Å². The molecule has 0 atom stereocenters. The lowest BCUT2D eigenvalue weighted by molar-refractivity contribution is -0.114. The van der Waals surface area contributed by atoms with Crippen molar-refractivity contribution in [3.8, 4) is 0 Å². The number of amides is 1. The Balaban J connectivity index is 3.36. The van der Waals surface area contributed by atoms with Crippen LogP contribution in [-0.2, 0) is 9.53 Å². The zero-order valence-corrected chi connectivity index (χ0v) is 10.1. The van der Waals surface area contributed by atoms with Crippen LogP contribution in [0.1, 0.15) is 17.3 Å². The molecule has 0 aliphatic rings. The highest BCUT2D eigenvalue weighted by atomic mass is 35.5. The number of hydrogen-bond acceptors (Lipinski definition) is 5. The molecule has 7 heteroatoms. The molecule has 92 valence electrons. The molecular weight excluding hydrogens is 246 g/mol. The summed E-state index contributed by atoms with van der Waals surface area (Å²) in [6, 6.07) is 1.30. The van der Waals surface area contributed by atoms with Crippen molar-refractivity contribution in [2.24, 2.45) is 0 Å². The lowest BCUT2D eigenvalue weighted by Crippen LogP contribution is -2.13. The van der Waals surface area contributed by atoms with Gasteiger partial charge < -0.3 is 21.5 Å². The van der Waals surface area contributed by atoms with Crippen LogP contribution >= 0.6 is 11.6 Å². The highest BCUT2D eigenvalue weighted by Gasteiger charge is 2.19. The van der Waals surface area contributed by atoms with Crippen LogP contribution in [0.25, 0.3) is 0 Å². The van der Waals surface area contributed by atoms with Crippen LogP contribution in [0.2, 0.25) is 5.02 Å². The zero-order valence-electron chi connectivity index (χ0n) is 9.33. The Bertz CT molecular complexity index is 488. The highest BCUT2D eigenvalue weighted by molar-refractivity contribution is 6.37. The maximum absolute atomic E-state index is 11.4. The predicted octanol–water partition coefficient (Wildman–Crippen LogP) is 1.25. The van der Waals surface area contributed by atoms with Crippen molar-refractivity contribution in [3.05, 3.63) is 16.7 Å². The van der Waals surface area contributed by atoms with Crippen LogP contribution in [0.15, 0.2) is 6.07 Å². The summed E-state index contributed by atoms with van der Waals surface area (Å²) in [5, 5.41) is 2.44. The minimum absolute atomic E-state index is 0.00481. The van der Waals surface area contributed by atoms with Gasteiger partial charge in [0.1, 0.15) is 0 Å². The van der Waals surface area contributed by atoms with Crippen LogP contribution in [-0.4, -0.2) is 19.0 Å². The summed E-state index contributed by atoms with van der Waals surface area (Å²) in [4.78, 5) is 22.3. The van der Waals surface area contributed by atoms with Gasteiger partial charge in [-0.2, -0.15) is 0 Å². The quantitative estimate of drug-likeness (QED) is 0.546. The van der Waals surface area contributed by atoms with Gasteiger partial charge in [0.05, 0.1) is 34.8 Å². The Morgan fingerprint density at radius 3 is 2.47 bits per heavy atom. The standard InChI is InChI=1S/C10H12ClN3O3/c1-4(15)14-9-6(12)3-5(10(16)17-2)7(11)8(9)13/h3H,12-13H2,1-2H3,(H,14,15). The van der Waals surface area contributed by atoms with E-state index < -0.39 is 5.97 Å². The highest BCUT2D eigenvalue weighted by Crippen LogP contribution is 2.36. The van der Waals surface area contributed by atoms with Crippen molar-refractivity contribution in [2.75, 3.05) is 23.9 Å². The number of carbonyl (C=O) groups is 2. The van der Waals surface area contributed by atoms with E-state index in [1.807, 2.05) is 0 Å². The molecule has 0 spiro atoms. The number of nitrogens with one attached hydrogen (secondary N) is 1. The molecule has 0 aromatic heterocycles. The average Bonchev–Trinajstić information content (AvgIpc) is 2.28. The second-order valence-corrected chi connectivity index (χ2v) is 3.67. The van der Waals surface area contributed by atoms with E-state index >= 15 is 0 Å². The summed E-state index contributed by atoms with van der Waals surface area (Å²) in [6.45, 7) is 1.31. The monoisotopic (exact) mass is 257 g/mol. The number of ether oxygens (including phenoxy) is 1. The second kappa shape index (κ2) is 4.92. The van der Waals surface area contributed by atoms with Crippen molar-refractivity contribution in [1.82, 2.24) is 0 Å². The van der Waals surface area contributed by atoms with E-state index in [0.29, 0.717) is 0 Å². The van der Waals surface area contributed by atoms with Gasteiger partial charge in [-0.15, -0.1) is 0 Å². The SMILES string of the molecule is COC(=O)c1cc(N)c(NC(C)=O)c(N)c1Cl. The fourth-order valence-corrected chi connectivity index (χ4v) is 1.50. The molecule has 1 aromatic rings. The summed E-state index contributed by atoms with van der Waals surface area (Å²) in [7, 11) is 1.22.